The molecule has 0 saturated carbocycles. The molecule has 0 spiro atoms. The second-order valence-corrected chi connectivity index (χ2v) is 15.8. The highest BCUT2D eigenvalue weighted by Gasteiger charge is 2.42. The van der Waals surface area contributed by atoms with E-state index < -0.39 is 0 Å². The third-order valence-corrected chi connectivity index (χ3v) is 11.4. The molecule has 230 valence electrons. The van der Waals surface area contributed by atoms with Gasteiger partial charge in [0.2, 0.25) is 0 Å². The summed E-state index contributed by atoms with van der Waals surface area (Å²) in [6, 6.07) is 14.1. The van der Waals surface area contributed by atoms with E-state index in [0.717, 1.165) is 10.7 Å². The molecule has 3 rings (SSSR count). The molecule has 0 radical (unpaired) electrons. The fourth-order valence-corrected chi connectivity index (χ4v) is 8.49. The van der Waals surface area contributed by atoms with Gasteiger partial charge < -0.3 is 0 Å². The molecule has 0 fully saturated rings. The molecule has 1 aliphatic carbocycles. The van der Waals surface area contributed by atoms with E-state index in [1.54, 1.807) is 11.1 Å². The fraction of sp³-hybridized carbons (Fsp3) is 0.676. The number of hydrogen-bond acceptors (Lipinski definition) is 0. The van der Waals surface area contributed by atoms with Crippen molar-refractivity contribution < 1.29 is 0 Å². The van der Waals surface area contributed by atoms with Gasteiger partial charge in [0.1, 0.15) is 0 Å². The lowest BCUT2D eigenvalue weighted by molar-refractivity contribution is 0.396. The minimum Gasteiger partial charge on any atom is -0.0928 e. The van der Waals surface area contributed by atoms with Gasteiger partial charge in [-0.2, -0.15) is 0 Å². The van der Waals surface area contributed by atoms with Crippen molar-refractivity contribution in [2.45, 2.75) is 147 Å². The predicted octanol–water partition coefficient (Wildman–Crippen LogP) is 14.9. The first kappa shape index (κ1) is 35.8. The van der Waals surface area contributed by atoms with Crippen molar-refractivity contribution in [3.05, 3.63) is 56.5 Å². The van der Waals surface area contributed by atoms with E-state index in [2.05, 4.69) is 100 Å². The molecule has 1 aliphatic rings. The first-order chi connectivity index (χ1) is 20.1. The van der Waals surface area contributed by atoms with Crippen LogP contribution in [0.15, 0.2) is 45.3 Å². The molecule has 4 heteroatoms. The number of unbranched alkanes of at least 4 members (excludes halogenated alkanes) is 18. The fourth-order valence-electron chi connectivity index (χ4n) is 6.97. The highest BCUT2D eigenvalue weighted by atomic mass is 79.9. The van der Waals surface area contributed by atoms with Gasteiger partial charge in [-0.25, -0.2) is 0 Å². The number of benzene rings is 2. The number of fused-ring (bicyclic) bond motifs is 3. The van der Waals surface area contributed by atoms with Crippen molar-refractivity contribution in [3.8, 4) is 11.1 Å². The van der Waals surface area contributed by atoms with E-state index in [0.29, 0.717) is 0 Å². The lowest BCUT2D eigenvalue weighted by atomic mass is 9.70. The standard InChI is InChI=1S/C37H54Br4/c38-27-19-15-11-7-3-1-5-9-13-17-25-37(26-18-14-10-6-2-4-8-12-16-20-28-39)35-29-31(40)21-23-33(35)34-24-22-32(41)30-36(34)37/h21-24,29-30H,1-20,25-28H2. The van der Waals surface area contributed by atoms with E-state index in [-0.39, 0.29) is 5.41 Å². The van der Waals surface area contributed by atoms with Gasteiger partial charge in [-0.3, -0.25) is 0 Å². The molecular weight excluding hydrogens is 764 g/mol. The van der Waals surface area contributed by atoms with Gasteiger partial charge in [0.15, 0.2) is 0 Å². The minimum absolute atomic E-state index is 0.156. The summed E-state index contributed by atoms with van der Waals surface area (Å²) in [6.45, 7) is 0. The number of halogens is 4. The maximum Gasteiger partial charge on any atom is 0.0216 e. The third kappa shape index (κ3) is 12.0. The van der Waals surface area contributed by atoms with E-state index in [1.807, 2.05) is 0 Å². The maximum atomic E-state index is 3.84. The Kier molecular flexibility index (Phi) is 18.5. The van der Waals surface area contributed by atoms with E-state index in [1.165, 1.54) is 161 Å². The van der Waals surface area contributed by atoms with E-state index in [9.17, 15) is 0 Å². The van der Waals surface area contributed by atoms with Crippen LogP contribution in [0.2, 0.25) is 0 Å². The summed E-state index contributed by atoms with van der Waals surface area (Å²) in [5.74, 6) is 0. The Morgan fingerprint density at radius 2 is 0.683 bits per heavy atom. The van der Waals surface area contributed by atoms with Crippen LogP contribution in [0, 0.1) is 0 Å². The molecular formula is C37H54Br4. The molecule has 0 aromatic heterocycles. The second kappa shape index (κ2) is 21.2. The van der Waals surface area contributed by atoms with Crippen LogP contribution in [-0.4, -0.2) is 10.7 Å². The maximum absolute atomic E-state index is 3.84. The largest absolute Gasteiger partial charge is 0.0928 e. The lowest BCUT2D eigenvalue weighted by Gasteiger charge is -2.33. The number of hydrogen-bond donors (Lipinski definition) is 0. The third-order valence-electron chi connectivity index (χ3n) is 9.26. The van der Waals surface area contributed by atoms with Crippen LogP contribution in [0.5, 0.6) is 0 Å². The van der Waals surface area contributed by atoms with Gasteiger partial charge in [-0.15, -0.1) is 0 Å². The summed E-state index contributed by atoms with van der Waals surface area (Å²) in [7, 11) is 0. The summed E-state index contributed by atoms with van der Waals surface area (Å²) in [5, 5.41) is 2.32. The zero-order valence-corrected chi connectivity index (χ0v) is 31.8. The molecule has 41 heavy (non-hydrogen) atoms. The van der Waals surface area contributed by atoms with Crippen LogP contribution < -0.4 is 0 Å². The average molecular weight is 818 g/mol. The van der Waals surface area contributed by atoms with E-state index >= 15 is 0 Å². The van der Waals surface area contributed by atoms with Gasteiger partial charge in [0.25, 0.3) is 0 Å². The minimum atomic E-state index is 0.156. The summed E-state index contributed by atoms with van der Waals surface area (Å²) >= 11 is 14.8. The normalized spacial score (nSPS) is 13.5. The van der Waals surface area contributed by atoms with Crippen LogP contribution in [0.3, 0.4) is 0 Å². The quantitative estimate of drug-likeness (QED) is 0.0731. The van der Waals surface area contributed by atoms with Crippen molar-refractivity contribution in [1.29, 1.82) is 0 Å². The van der Waals surface area contributed by atoms with Crippen molar-refractivity contribution in [3.63, 3.8) is 0 Å². The van der Waals surface area contributed by atoms with Gasteiger partial charge >= 0.3 is 0 Å². The molecule has 0 bridgehead atoms. The molecule has 0 nitrogen and oxygen atoms in total. The van der Waals surface area contributed by atoms with Crippen LogP contribution in [0.25, 0.3) is 11.1 Å². The van der Waals surface area contributed by atoms with Crippen LogP contribution in [0.1, 0.15) is 152 Å². The van der Waals surface area contributed by atoms with Gasteiger partial charge in [0, 0.05) is 25.0 Å². The molecule has 0 atom stereocenters. The Morgan fingerprint density at radius 3 is 1.00 bits per heavy atom. The lowest BCUT2D eigenvalue weighted by Crippen LogP contribution is -2.25. The Bertz CT molecular complexity index is 905. The molecule has 2 aromatic rings. The van der Waals surface area contributed by atoms with Crippen molar-refractivity contribution in [2.24, 2.45) is 0 Å². The highest BCUT2D eigenvalue weighted by molar-refractivity contribution is 9.11. The Morgan fingerprint density at radius 1 is 0.390 bits per heavy atom. The van der Waals surface area contributed by atoms with Crippen molar-refractivity contribution >= 4 is 63.7 Å². The molecule has 0 N–H and O–H groups in total. The predicted molar refractivity (Wildman–Crippen MR) is 197 cm³/mol. The average Bonchev–Trinajstić information content (AvgIpc) is 3.22. The Hall–Kier alpha value is 0.360. The summed E-state index contributed by atoms with van der Waals surface area (Å²) in [4.78, 5) is 0. The molecule has 0 unspecified atom stereocenters. The molecule has 0 amide bonds. The summed E-state index contributed by atoms with van der Waals surface area (Å²) in [5.41, 5.74) is 6.24. The zero-order valence-electron chi connectivity index (χ0n) is 25.4. The molecule has 0 saturated heterocycles. The highest BCUT2D eigenvalue weighted by Crippen LogP contribution is 2.55. The smallest absolute Gasteiger partial charge is 0.0216 e. The number of alkyl halides is 2. The van der Waals surface area contributed by atoms with Gasteiger partial charge in [-0.05, 0) is 72.2 Å². The summed E-state index contributed by atoms with van der Waals surface area (Å²) < 4.78 is 2.44. The second-order valence-electron chi connectivity index (χ2n) is 12.4. The first-order valence-corrected chi connectivity index (χ1v) is 20.7. The van der Waals surface area contributed by atoms with E-state index in [4.69, 9.17) is 0 Å². The molecule has 0 heterocycles. The van der Waals surface area contributed by atoms with Crippen molar-refractivity contribution in [1.82, 2.24) is 0 Å². The van der Waals surface area contributed by atoms with Crippen LogP contribution in [-0.2, 0) is 5.41 Å². The van der Waals surface area contributed by atoms with Gasteiger partial charge in [-0.1, -0.05) is 191 Å². The topological polar surface area (TPSA) is 0 Å². The van der Waals surface area contributed by atoms with Crippen molar-refractivity contribution in [2.75, 3.05) is 10.7 Å². The summed E-state index contributed by atoms with van der Waals surface area (Å²) in [6.07, 6.45) is 30.4. The number of rotatable bonds is 24. The Balaban J connectivity index is 1.54. The molecule has 2 aromatic carbocycles. The van der Waals surface area contributed by atoms with Crippen LogP contribution >= 0.6 is 63.7 Å². The SMILES string of the molecule is BrCCCCCCCCCCCCC1(CCCCCCCCCCCCBr)c2cc(Br)ccc2-c2ccc(Br)cc21. The van der Waals surface area contributed by atoms with Crippen LogP contribution in [0.4, 0.5) is 0 Å². The monoisotopic (exact) mass is 814 g/mol. The zero-order chi connectivity index (χ0) is 29.2. The van der Waals surface area contributed by atoms with Gasteiger partial charge in [0.05, 0.1) is 0 Å². The Labute approximate surface area is 286 Å². The first-order valence-electron chi connectivity index (χ1n) is 16.8. The molecule has 0 aliphatic heterocycles.